The number of ketones is 1. The molecule has 1 aromatic carbocycles. The SMILES string of the molecule is COc1ccccc1C(=O)c1ccnc(N)c1C(=O)Cl. The summed E-state index contributed by atoms with van der Waals surface area (Å²) < 4.78 is 5.13. The predicted molar refractivity (Wildman–Crippen MR) is 75.3 cm³/mol. The third-order valence-corrected chi connectivity index (χ3v) is 2.96. The lowest BCUT2D eigenvalue weighted by Gasteiger charge is -2.10. The van der Waals surface area contributed by atoms with Crippen LogP contribution >= 0.6 is 11.6 Å². The number of ether oxygens (including phenoxy) is 1. The van der Waals surface area contributed by atoms with Crippen LogP contribution in [0.15, 0.2) is 36.5 Å². The number of benzene rings is 1. The number of pyridine rings is 1. The van der Waals surface area contributed by atoms with Crippen LogP contribution in [0.3, 0.4) is 0 Å². The van der Waals surface area contributed by atoms with E-state index >= 15 is 0 Å². The zero-order chi connectivity index (χ0) is 14.7. The minimum Gasteiger partial charge on any atom is -0.496 e. The van der Waals surface area contributed by atoms with Crippen molar-refractivity contribution < 1.29 is 14.3 Å². The number of methoxy groups -OCH3 is 1. The van der Waals surface area contributed by atoms with Gasteiger partial charge in [0.25, 0.3) is 5.24 Å². The molecular formula is C14H11ClN2O3. The van der Waals surface area contributed by atoms with Crippen LogP contribution in [-0.2, 0) is 0 Å². The number of carbonyl (C=O) groups is 2. The zero-order valence-corrected chi connectivity index (χ0v) is 11.3. The van der Waals surface area contributed by atoms with Gasteiger partial charge < -0.3 is 10.5 Å². The molecule has 1 aromatic heterocycles. The van der Waals surface area contributed by atoms with Crippen molar-refractivity contribution in [3.63, 3.8) is 0 Å². The van der Waals surface area contributed by atoms with Gasteiger partial charge in [-0.25, -0.2) is 4.98 Å². The summed E-state index contributed by atoms with van der Waals surface area (Å²) in [6.07, 6.45) is 1.35. The molecule has 0 unspecified atom stereocenters. The first-order chi connectivity index (χ1) is 9.56. The molecule has 0 saturated carbocycles. The fourth-order valence-corrected chi connectivity index (χ4v) is 2.05. The van der Waals surface area contributed by atoms with E-state index in [0.29, 0.717) is 11.3 Å². The molecule has 0 fully saturated rings. The molecule has 2 rings (SSSR count). The Morgan fingerprint density at radius 3 is 2.55 bits per heavy atom. The van der Waals surface area contributed by atoms with Crippen molar-refractivity contribution in [3.8, 4) is 5.75 Å². The maximum Gasteiger partial charge on any atom is 0.256 e. The number of hydrogen-bond donors (Lipinski definition) is 1. The van der Waals surface area contributed by atoms with E-state index in [9.17, 15) is 9.59 Å². The molecule has 2 N–H and O–H groups in total. The molecule has 5 nitrogen and oxygen atoms in total. The molecule has 20 heavy (non-hydrogen) atoms. The molecule has 102 valence electrons. The highest BCUT2D eigenvalue weighted by atomic mass is 35.5. The monoisotopic (exact) mass is 290 g/mol. The van der Waals surface area contributed by atoms with E-state index in [1.54, 1.807) is 24.3 Å². The van der Waals surface area contributed by atoms with Gasteiger partial charge in [0, 0.05) is 11.8 Å². The first-order valence-corrected chi connectivity index (χ1v) is 6.06. The lowest BCUT2D eigenvalue weighted by molar-refractivity contribution is 0.102. The van der Waals surface area contributed by atoms with Crippen molar-refractivity contribution in [2.24, 2.45) is 0 Å². The van der Waals surface area contributed by atoms with Gasteiger partial charge in [-0.15, -0.1) is 0 Å². The summed E-state index contributed by atoms with van der Waals surface area (Å²) in [5, 5.41) is -0.825. The van der Waals surface area contributed by atoms with Gasteiger partial charge in [-0.3, -0.25) is 9.59 Å². The minimum atomic E-state index is -0.825. The van der Waals surface area contributed by atoms with E-state index in [1.807, 2.05) is 0 Å². The molecule has 6 heteroatoms. The smallest absolute Gasteiger partial charge is 0.256 e. The Hall–Kier alpha value is -2.40. The standard InChI is InChI=1S/C14H11ClN2O3/c1-20-10-5-3-2-4-8(10)12(18)9-6-7-17-14(16)11(9)13(15)19/h2-7H,1H3,(H2,16,17). The molecule has 0 radical (unpaired) electrons. The Bertz CT molecular complexity index is 686. The number of halogens is 1. The van der Waals surface area contributed by atoms with Crippen LogP contribution in [0.25, 0.3) is 0 Å². The van der Waals surface area contributed by atoms with Gasteiger partial charge in [0.1, 0.15) is 11.6 Å². The third kappa shape index (κ3) is 2.48. The van der Waals surface area contributed by atoms with Crippen LogP contribution in [-0.4, -0.2) is 23.1 Å². The molecule has 1 heterocycles. The van der Waals surface area contributed by atoms with Gasteiger partial charge in [-0.1, -0.05) is 12.1 Å². The second-order valence-electron chi connectivity index (χ2n) is 3.92. The van der Waals surface area contributed by atoms with Crippen molar-refractivity contribution >= 4 is 28.4 Å². The van der Waals surface area contributed by atoms with Crippen molar-refractivity contribution in [2.75, 3.05) is 12.8 Å². The van der Waals surface area contributed by atoms with Crippen molar-refractivity contribution in [1.29, 1.82) is 0 Å². The molecule has 0 bridgehead atoms. The van der Waals surface area contributed by atoms with Gasteiger partial charge >= 0.3 is 0 Å². The van der Waals surface area contributed by atoms with E-state index in [4.69, 9.17) is 22.1 Å². The number of aromatic nitrogens is 1. The number of nitrogens with zero attached hydrogens (tertiary/aromatic N) is 1. The lowest BCUT2D eigenvalue weighted by Crippen LogP contribution is -2.12. The molecule has 2 aromatic rings. The average molecular weight is 291 g/mol. The summed E-state index contributed by atoms with van der Waals surface area (Å²) in [5.41, 5.74) is 5.93. The first kappa shape index (κ1) is 14.0. The fraction of sp³-hybridized carbons (Fsp3) is 0.0714. The summed E-state index contributed by atoms with van der Waals surface area (Å²) in [6, 6.07) is 8.09. The molecule has 0 amide bonds. The van der Waals surface area contributed by atoms with Gasteiger partial charge in [0.15, 0.2) is 5.78 Å². The third-order valence-electron chi connectivity index (χ3n) is 2.77. The van der Waals surface area contributed by atoms with Crippen LogP contribution in [0.5, 0.6) is 5.75 Å². The van der Waals surface area contributed by atoms with Crippen LogP contribution in [0.4, 0.5) is 5.82 Å². The number of nitrogen functional groups attached to an aromatic ring is 1. The first-order valence-electron chi connectivity index (χ1n) is 5.68. The maximum absolute atomic E-state index is 12.5. The van der Waals surface area contributed by atoms with Gasteiger partial charge in [-0.05, 0) is 29.8 Å². The highest BCUT2D eigenvalue weighted by Crippen LogP contribution is 2.25. The minimum absolute atomic E-state index is 0.0780. The highest BCUT2D eigenvalue weighted by Gasteiger charge is 2.22. The summed E-state index contributed by atoms with van der Waals surface area (Å²) >= 11 is 5.48. The Labute approximate surface area is 120 Å². The second-order valence-corrected chi connectivity index (χ2v) is 4.27. The number of rotatable bonds is 4. The Balaban J connectivity index is 2.60. The largest absolute Gasteiger partial charge is 0.496 e. The van der Waals surface area contributed by atoms with Crippen molar-refractivity contribution in [3.05, 3.63) is 53.2 Å². The molecule has 0 aliphatic heterocycles. The summed E-state index contributed by atoms with van der Waals surface area (Å²) in [7, 11) is 1.46. The number of para-hydroxylation sites is 1. The molecule has 0 atom stereocenters. The summed E-state index contributed by atoms with van der Waals surface area (Å²) in [5.74, 6) is -0.0767. The topological polar surface area (TPSA) is 82.3 Å². The second kappa shape index (κ2) is 5.71. The van der Waals surface area contributed by atoms with E-state index in [1.165, 1.54) is 19.4 Å². The summed E-state index contributed by atoms with van der Waals surface area (Å²) in [6.45, 7) is 0. The molecule has 0 aliphatic rings. The number of nitrogens with two attached hydrogens (primary N) is 1. The Morgan fingerprint density at radius 2 is 1.90 bits per heavy atom. The molecular weight excluding hydrogens is 280 g/mol. The number of anilines is 1. The summed E-state index contributed by atoms with van der Waals surface area (Å²) in [4.78, 5) is 27.7. The predicted octanol–water partition coefficient (Wildman–Crippen LogP) is 2.28. The van der Waals surface area contributed by atoms with E-state index in [0.717, 1.165) is 0 Å². The average Bonchev–Trinajstić information content (AvgIpc) is 2.45. The highest BCUT2D eigenvalue weighted by molar-refractivity contribution is 6.68. The molecule has 0 saturated heterocycles. The van der Waals surface area contributed by atoms with Gasteiger partial charge in [0.2, 0.25) is 0 Å². The quantitative estimate of drug-likeness (QED) is 0.690. The molecule has 0 spiro atoms. The Kier molecular flexibility index (Phi) is 4.00. The number of carbonyl (C=O) groups excluding carboxylic acids is 2. The lowest BCUT2D eigenvalue weighted by atomic mass is 9.99. The van der Waals surface area contributed by atoms with Crippen LogP contribution in [0, 0.1) is 0 Å². The zero-order valence-electron chi connectivity index (χ0n) is 10.6. The van der Waals surface area contributed by atoms with Gasteiger partial charge in [-0.2, -0.15) is 0 Å². The van der Waals surface area contributed by atoms with Crippen LogP contribution in [0.2, 0.25) is 0 Å². The molecule has 0 aliphatic carbocycles. The van der Waals surface area contributed by atoms with E-state index in [-0.39, 0.29) is 16.9 Å². The van der Waals surface area contributed by atoms with E-state index < -0.39 is 11.0 Å². The normalized spacial score (nSPS) is 10.1. The maximum atomic E-state index is 12.5. The van der Waals surface area contributed by atoms with Crippen molar-refractivity contribution in [1.82, 2.24) is 4.98 Å². The fourth-order valence-electron chi connectivity index (χ4n) is 1.85. The van der Waals surface area contributed by atoms with Crippen LogP contribution < -0.4 is 10.5 Å². The van der Waals surface area contributed by atoms with Crippen molar-refractivity contribution in [2.45, 2.75) is 0 Å². The van der Waals surface area contributed by atoms with Gasteiger partial charge in [0.05, 0.1) is 18.2 Å². The van der Waals surface area contributed by atoms with Crippen LogP contribution in [0.1, 0.15) is 26.3 Å². The Morgan fingerprint density at radius 1 is 1.20 bits per heavy atom. The van der Waals surface area contributed by atoms with E-state index in [2.05, 4.69) is 4.98 Å². The number of hydrogen-bond acceptors (Lipinski definition) is 5.